The summed E-state index contributed by atoms with van der Waals surface area (Å²) in [6, 6.07) is 25.3. The van der Waals surface area contributed by atoms with Crippen molar-refractivity contribution in [2.24, 2.45) is 5.92 Å². The highest BCUT2D eigenvalue weighted by Gasteiger charge is 2.67. The Labute approximate surface area is 333 Å². The van der Waals surface area contributed by atoms with Gasteiger partial charge in [0.2, 0.25) is 5.91 Å². The minimum Gasteiger partial charge on any atom is -0.462 e. The number of nitrogens with zero attached hydrogens (tertiary/aromatic N) is 2. The Morgan fingerprint density at radius 1 is 0.737 bits per heavy atom. The molecule has 6 atom stereocenters. The molecule has 16 nitrogen and oxygen atoms in total. The van der Waals surface area contributed by atoms with Gasteiger partial charge in [0.05, 0.1) is 4.92 Å². The van der Waals surface area contributed by atoms with E-state index in [9.17, 15) is 34.1 Å². The molecule has 1 N–H and O–H groups in total. The lowest BCUT2D eigenvalue weighted by Crippen LogP contribution is -2.59. The molecule has 3 aromatic rings. The largest absolute Gasteiger partial charge is 0.462 e. The van der Waals surface area contributed by atoms with Gasteiger partial charge in [-0.15, -0.1) is 0 Å². The van der Waals surface area contributed by atoms with Crippen LogP contribution in [-0.4, -0.2) is 83.6 Å². The summed E-state index contributed by atoms with van der Waals surface area (Å²) in [5.74, 6) is -7.50. The lowest BCUT2D eigenvalue weighted by atomic mass is 9.76. The van der Waals surface area contributed by atoms with Crippen LogP contribution in [0, 0.1) is 16.0 Å². The minimum atomic E-state index is -2.11. The van der Waals surface area contributed by atoms with Crippen LogP contribution in [0.4, 0.5) is 5.69 Å². The molecule has 1 heterocycles. The molecule has 0 unspecified atom stereocenters. The van der Waals surface area contributed by atoms with Crippen molar-refractivity contribution in [1.82, 2.24) is 4.90 Å². The van der Waals surface area contributed by atoms with Crippen LogP contribution in [0.15, 0.2) is 102 Å². The molecule has 0 radical (unpaired) electrons. The third kappa shape index (κ3) is 11.0. The maximum absolute atomic E-state index is 15.2. The molecule has 0 saturated carbocycles. The molecular weight excluding hydrogens is 763 g/mol. The molecule has 0 spiro atoms. The van der Waals surface area contributed by atoms with Gasteiger partial charge in [-0.2, -0.15) is 0 Å². The summed E-state index contributed by atoms with van der Waals surface area (Å²) in [6.07, 6.45) is -7.74. The van der Waals surface area contributed by atoms with E-state index in [0.29, 0.717) is 5.69 Å². The van der Waals surface area contributed by atoms with Gasteiger partial charge in [-0.1, -0.05) is 90.6 Å². The summed E-state index contributed by atoms with van der Waals surface area (Å²) in [6.45, 7) is 4.41. The van der Waals surface area contributed by atoms with Gasteiger partial charge in [0.15, 0.2) is 24.4 Å². The van der Waals surface area contributed by atoms with E-state index in [2.05, 4.69) is 5.32 Å². The van der Waals surface area contributed by atoms with E-state index >= 15 is 4.79 Å². The lowest BCUT2D eigenvalue weighted by molar-refractivity contribution is -0.438. The number of benzene rings is 3. The fourth-order valence-corrected chi connectivity index (χ4v) is 8.15. The molecule has 0 aliphatic carbocycles. The predicted molar refractivity (Wildman–Crippen MR) is 205 cm³/mol. The van der Waals surface area contributed by atoms with Crippen molar-refractivity contribution < 1.29 is 57.4 Å². The average Bonchev–Trinajstić information content (AvgIpc) is 3.52. The molecule has 0 bridgehead atoms. The zero-order chi connectivity index (χ0) is 41.9. The molecule has 17 heteroatoms. The summed E-state index contributed by atoms with van der Waals surface area (Å²) in [5, 5.41) is 16.5. The summed E-state index contributed by atoms with van der Waals surface area (Å²) in [7, 11) is 1.59. The second kappa shape index (κ2) is 19.6. The van der Waals surface area contributed by atoms with Crippen molar-refractivity contribution in [2.45, 2.75) is 70.3 Å². The first-order chi connectivity index (χ1) is 27.0. The molecule has 302 valence electrons. The number of thioether (sulfide) groups is 1. The third-order valence-corrected chi connectivity index (χ3v) is 10.3. The maximum Gasteiger partial charge on any atom is 0.303 e. The second-order valence-corrected chi connectivity index (χ2v) is 14.2. The van der Waals surface area contributed by atoms with E-state index in [1.165, 1.54) is 0 Å². The fraction of sp³-hybridized carbons (Fsp3) is 0.350. The maximum atomic E-state index is 15.2. The van der Waals surface area contributed by atoms with Gasteiger partial charge in [0, 0.05) is 53.9 Å². The zero-order valence-electron chi connectivity index (χ0n) is 32.1. The molecule has 1 amide bonds. The Bertz CT molecular complexity index is 1980. The van der Waals surface area contributed by atoms with Crippen LogP contribution in [0.25, 0.3) is 0 Å². The van der Waals surface area contributed by atoms with Crippen molar-refractivity contribution in [3.8, 4) is 0 Å². The Morgan fingerprint density at radius 2 is 1.25 bits per heavy atom. The van der Waals surface area contributed by atoms with E-state index in [1.54, 1.807) is 84.7 Å². The van der Waals surface area contributed by atoms with Crippen molar-refractivity contribution in [1.29, 1.82) is 0 Å². The molecule has 0 aromatic heterocycles. The number of hydrogen-bond acceptors (Lipinski definition) is 15. The first-order valence-corrected chi connectivity index (χ1v) is 18.4. The molecule has 0 fully saturated rings. The van der Waals surface area contributed by atoms with Crippen LogP contribution in [0.5, 0.6) is 0 Å². The summed E-state index contributed by atoms with van der Waals surface area (Å²) < 4.78 is 25.8. The van der Waals surface area contributed by atoms with Crippen molar-refractivity contribution >= 4 is 53.2 Å². The lowest BCUT2D eigenvalue weighted by Gasteiger charge is -2.41. The highest BCUT2D eigenvalue weighted by atomic mass is 32.2. The Morgan fingerprint density at radius 3 is 1.75 bits per heavy atom. The molecule has 1 aliphatic heterocycles. The predicted octanol–water partition coefficient (Wildman–Crippen LogP) is 4.75. The topological polar surface area (TPSA) is 207 Å². The number of carbonyl (C=O) groups is 6. The SMILES string of the molecule is CC(=O)OC[C@@H](OC(C)=O)[C@@H](OC(C)=O)[C@H](OC(C)=O)[C@H](OC(C)=O)[C@H]1C([N+](=O)[O-])=C(N(C)Cc2ccccc2)S[C@@]1(C(=O)Nc1ccccc1)c1ccccc1. The highest BCUT2D eigenvalue weighted by molar-refractivity contribution is 8.04. The van der Waals surface area contributed by atoms with Gasteiger partial charge >= 0.3 is 29.8 Å². The Hall–Kier alpha value is -6.23. The number of nitrogens with one attached hydrogen (secondary N) is 1. The van der Waals surface area contributed by atoms with Gasteiger partial charge in [0.25, 0.3) is 5.70 Å². The number of esters is 5. The van der Waals surface area contributed by atoms with Crippen LogP contribution < -0.4 is 5.32 Å². The van der Waals surface area contributed by atoms with Crippen LogP contribution >= 0.6 is 11.8 Å². The Balaban J connectivity index is 2.13. The van der Waals surface area contributed by atoms with E-state index in [1.807, 2.05) is 18.2 Å². The van der Waals surface area contributed by atoms with Gasteiger partial charge in [-0.05, 0) is 23.3 Å². The number of ether oxygens (including phenoxy) is 5. The van der Waals surface area contributed by atoms with Crippen molar-refractivity contribution in [2.75, 3.05) is 19.0 Å². The molecule has 1 aliphatic rings. The zero-order valence-corrected chi connectivity index (χ0v) is 32.9. The quantitative estimate of drug-likeness (QED) is 0.0846. The van der Waals surface area contributed by atoms with E-state index < -0.39 is 88.1 Å². The number of hydrogen-bond donors (Lipinski definition) is 1. The monoisotopic (exact) mass is 805 g/mol. The second-order valence-electron chi connectivity index (χ2n) is 13.0. The summed E-state index contributed by atoms with van der Waals surface area (Å²) >= 11 is 0.819. The van der Waals surface area contributed by atoms with Crippen LogP contribution in [0.3, 0.4) is 0 Å². The van der Waals surface area contributed by atoms with Gasteiger partial charge in [-0.3, -0.25) is 38.9 Å². The van der Waals surface area contributed by atoms with Gasteiger partial charge in [0.1, 0.15) is 22.3 Å². The fourth-order valence-electron chi connectivity index (χ4n) is 6.55. The molecule has 4 rings (SSSR count). The summed E-state index contributed by atoms with van der Waals surface area (Å²) in [5.41, 5.74) is 0.687. The molecular formula is C40H43N3O13S. The van der Waals surface area contributed by atoms with E-state index in [0.717, 1.165) is 51.9 Å². The van der Waals surface area contributed by atoms with Gasteiger partial charge < -0.3 is 33.9 Å². The number of anilines is 1. The number of carbonyl (C=O) groups excluding carboxylic acids is 6. The first kappa shape index (κ1) is 43.5. The average molecular weight is 806 g/mol. The van der Waals surface area contributed by atoms with E-state index in [-0.39, 0.29) is 17.1 Å². The van der Waals surface area contributed by atoms with E-state index in [4.69, 9.17) is 23.7 Å². The summed E-state index contributed by atoms with van der Waals surface area (Å²) in [4.78, 5) is 93.2. The third-order valence-electron chi connectivity index (χ3n) is 8.60. The minimum absolute atomic E-state index is 0.0138. The van der Waals surface area contributed by atoms with Crippen LogP contribution in [0.2, 0.25) is 0 Å². The first-order valence-electron chi connectivity index (χ1n) is 17.6. The number of para-hydroxylation sites is 1. The number of amides is 1. The van der Waals surface area contributed by atoms with Gasteiger partial charge in [-0.25, -0.2) is 0 Å². The smallest absolute Gasteiger partial charge is 0.303 e. The standard InChI is InChI=1S/C40H43N3O13S/c1-24(44)52-23-32(53-25(2)45)35(54-26(3)46)37(56-28(5)48)36(55-27(4)47)33-34(43(50)51)38(42(6)22-29-16-10-7-11-17-29)57-40(33,30-18-12-8-13-19-30)39(49)41-31-20-14-9-15-21-31/h7-21,32-33,35-37H,22-23H2,1-6H3,(H,41,49)/t32-,33-,35-,36-,37+,40+/m1/s1. The molecule has 0 saturated heterocycles. The normalized spacial score (nSPS) is 18.2. The van der Waals surface area contributed by atoms with Crippen molar-refractivity contribution in [3.63, 3.8) is 0 Å². The molecule has 3 aromatic carbocycles. The van der Waals surface area contributed by atoms with Crippen LogP contribution in [0.1, 0.15) is 45.7 Å². The number of rotatable bonds is 17. The molecule has 57 heavy (non-hydrogen) atoms. The van der Waals surface area contributed by atoms with Crippen molar-refractivity contribution in [3.05, 3.63) is 123 Å². The van der Waals surface area contributed by atoms with Crippen LogP contribution in [-0.2, 0) is 63.7 Å². The Kier molecular flexibility index (Phi) is 14.9. The highest BCUT2D eigenvalue weighted by Crippen LogP contribution is 2.60. The number of nitro groups is 1.